The summed E-state index contributed by atoms with van der Waals surface area (Å²) in [5, 5.41) is 18.2. The monoisotopic (exact) mass is 542 g/mol. The van der Waals surface area contributed by atoms with Crippen LogP contribution in [0.1, 0.15) is 56.6 Å². The van der Waals surface area contributed by atoms with Crippen LogP contribution in [0, 0.1) is 19.3 Å². The molecule has 212 valence electrons. The zero-order valence-corrected chi connectivity index (χ0v) is 23.5. The summed E-state index contributed by atoms with van der Waals surface area (Å²) in [7, 11) is 0. The van der Waals surface area contributed by atoms with Crippen molar-refractivity contribution in [2.45, 2.75) is 76.0 Å². The van der Waals surface area contributed by atoms with Gasteiger partial charge in [-0.2, -0.15) is 0 Å². The van der Waals surface area contributed by atoms with Crippen LogP contribution in [0.3, 0.4) is 0 Å². The van der Waals surface area contributed by atoms with Crippen molar-refractivity contribution in [3.05, 3.63) is 91.3 Å². The highest BCUT2D eigenvalue weighted by atomic mass is 16.6. The SMILES string of the molecule is CC(Cc1cccc2ccccc12)(NC(=O)OC1CCC2CCCC1C2)C(=O)NC(CO)Cc1ccccc1.[CH2]. The molecule has 2 amide bonds. The van der Waals surface area contributed by atoms with Crippen molar-refractivity contribution in [2.24, 2.45) is 11.8 Å². The second-order valence-corrected chi connectivity index (χ2v) is 11.6. The number of rotatable bonds is 9. The standard InChI is InChI=1S/C33H40N2O4.CH2/c1-33(21-27-15-8-13-25-12-5-6-16-29(25)27,31(37)34-28(22-36)20-23-9-3-2-4-10-23)35-32(38)39-30-18-17-24-11-7-14-26(30)19-24;/h2-6,8-10,12-13,15-16,24,26,28,30,36H,7,11,14,17-22H2,1H3,(H,34,37)(H,35,38);1H2. The highest BCUT2D eigenvalue weighted by Crippen LogP contribution is 2.41. The Hall–Kier alpha value is -3.38. The predicted octanol–water partition coefficient (Wildman–Crippen LogP) is 5.88. The van der Waals surface area contributed by atoms with Crippen molar-refractivity contribution < 1.29 is 19.4 Å². The molecule has 6 heteroatoms. The molecule has 2 radical (unpaired) electrons. The minimum absolute atomic E-state index is 0. The molecule has 5 unspecified atom stereocenters. The third-order valence-corrected chi connectivity index (χ3v) is 8.65. The molecule has 0 spiro atoms. The quantitative estimate of drug-likeness (QED) is 0.315. The number of fused-ring (bicyclic) bond motifs is 3. The van der Waals surface area contributed by atoms with Crippen molar-refractivity contribution in [1.29, 1.82) is 0 Å². The minimum atomic E-state index is -1.28. The number of aliphatic hydroxyl groups excluding tert-OH is 1. The molecular weight excluding hydrogens is 500 g/mol. The number of nitrogens with one attached hydrogen (secondary N) is 2. The van der Waals surface area contributed by atoms with E-state index in [4.69, 9.17) is 4.74 Å². The Morgan fingerprint density at radius 1 is 0.975 bits per heavy atom. The lowest BCUT2D eigenvalue weighted by atomic mass is 9.71. The molecule has 40 heavy (non-hydrogen) atoms. The van der Waals surface area contributed by atoms with Gasteiger partial charge in [-0.05, 0) is 72.8 Å². The van der Waals surface area contributed by atoms with E-state index in [2.05, 4.69) is 10.6 Å². The topological polar surface area (TPSA) is 87.7 Å². The second-order valence-electron chi connectivity index (χ2n) is 11.6. The lowest BCUT2D eigenvalue weighted by Crippen LogP contribution is -2.61. The van der Waals surface area contributed by atoms with Crippen molar-refractivity contribution in [2.75, 3.05) is 6.61 Å². The van der Waals surface area contributed by atoms with Gasteiger partial charge in [0, 0.05) is 6.42 Å². The first kappa shape index (κ1) is 29.6. The van der Waals surface area contributed by atoms with Crippen LogP contribution in [0.25, 0.3) is 10.8 Å². The van der Waals surface area contributed by atoms with E-state index in [1.54, 1.807) is 6.92 Å². The fourth-order valence-electron chi connectivity index (χ4n) is 6.53. The number of benzene rings is 3. The van der Waals surface area contributed by atoms with Gasteiger partial charge in [-0.3, -0.25) is 4.79 Å². The third kappa shape index (κ3) is 7.03. The van der Waals surface area contributed by atoms with Gasteiger partial charge in [-0.1, -0.05) is 93.1 Å². The zero-order valence-electron chi connectivity index (χ0n) is 23.5. The molecule has 0 saturated heterocycles. The van der Waals surface area contributed by atoms with Gasteiger partial charge in [0.1, 0.15) is 11.6 Å². The molecule has 0 aromatic heterocycles. The Kier molecular flexibility index (Phi) is 9.85. The summed E-state index contributed by atoms with van der Waals surface area (Å²) >= 11 is 0. The number of carbonyl (C=O) groups excluding carboxylic acids is 2. The Labute approximate surface area is 238 Å². The van der Waals surface area contributed by atoms with Crippen LogP contribution >= 0.6 is 0 Å². The van der Waals surface area contributed by atoms with Gasteiger partial charge in [0.15, 0.2) is 0 Å². The fourth-order valence-corrected chi connectivity index (χ4v) is 6.53. The fraction of sp³-hybridized carbons (Fsp3) is 0.441. The molecule has 3 aromatic rings. The number of hydrogen-bond donors (Lipinski definition) is 3. The van der Waals surface area contributed by atoms with E-state index in [9.17, 15) is 14.7 Å². The molecule has 5 rings (SSSR count). The minimum Gasteiger partial charge on any atom is -0.446 e. The number of ether oxygens (including phenoxy) is 1. The smallest absolute Gasteiger partial charge is 0.408 e. The van der Waals surface area contributed by atoms with E-state index < -0.39 is 17.7 Å². The first-order valence-electron chi connectivity index (χ1n) is 14.3. The maximum absolute atomic E-state index is 13.9. The van der Waals surface area contributed by atoms with Gasteiger partial charge >= 0.3 is 6.09 Å². The van der Waals surface area contributed by atoms with Crippen LogP contribution in [-0.4, -0.2) is 41.4 Å². The molecule has 3 N–H and O–H groups in total. The van der Waals surface area contributed by atoms with E-state index in [0.717, 1.165) is 53.5 Å². The van der Waals surface area contributed by atoms with Gasteiger partial charge in [0.05, 0.1) is 12.6 Å². The van der Waals surface area contributed by atoms with Crippen LogP contribution < -0.4 is 10.6 Å². The van der Waals surface area contributed by atoms with Gasteiger partial charge in [-0.25, -0.2) is 4.79 Å². The van der Waals surface area contributed by atoms with E-state index in [1.807, 2.05) is 72.8 Å². The summed E-state index contributed by atoms with van der Waals surface area (Å²) < 4.78 is 6.00. The predicted molar refractivity (Wildman–Crippen MR) is 159 cm³/mol. The largest absolute Gasteiger partial charge is 0.446 e. The molecule has 0 heterocycles. The summed E-state index contributed by atoms with van der Waals surface area (Å²) in [5.74, 6) is 0.823. The third-order valence-electron chi connectivity index (χ3n) is 8.65. The highest BCUT2D eigenvalue weighted by molar-refractivity contribution is 5.92. The summed E-state index contributed by atoms with van der Waals surface area (Å²) in [5.41, 5.74) is 0.695. The Morgan fingerprint density at radius 3 is 2.52 bits per heavy atom. The van der Waals surface area contributed by atoms with Crippen LogP contribution in [0.4, 0.5) is 4.79 Å². The van der Waals surface area contributed by atoms with Crippen molar-refractivity contribution in [1.82, 2.24) is 10.6 Å². The Balaban J connectivity index is 0.00000370. The maximum Gasteiger partial charge on any atom is 0.408 e. The van der Waals surface area contributed by atoms with Crippen LogP contribution in [0.5, 0.6) is 0 Å². The Bertz CT molecular complexity index is 1270. The molecule has 2 bridgehead atoms. The normalized spacial score (nSPS) is 22.3. The number of hydrogen-bond acceptors (Lipinski definition) is 4. The highest BCUT2D eigenvalue weighted by Gasteiger charge is 2.40. The molecular formula is C34H42N2O4. The van der Waals surface area contributed by atoms with Gasteiger partial charge in [-0.15, -0.1) is 0 Å². The first-order chi connectivity index (χ1) is 18.9. The summed E-state index contributed by atoms with van der Waals surface area (Å²) in [6.45, 7) is 1.54. The molecule has 0 aliphatic heterocycles. The average Bonchev–Trinajstić information content (AvgIpc) is 2.95. The molecule has 6 nitrogen and oxygen atoms in total. The summed E-state index contributed by atoms with van der Waals surface area (Å²) in [6, 6.07) is 23.3. The van der Waals surface area contributed by atoms with Crippen molar-refractivity contribution in [3.63, 3.8) is 0 Å². The molecule has 3 aromatic carbocycles. The molecule has 2 aliphatic carbocycles. The van der Waals surface area contributed by atoms with Crippen molar-refractivity contribution in [3.8, 4) is 0 Å². The van der Waals surface area contributed by atoms with Gasteiger partial charge < -0.3 is 20.5 Å². The lowest BCUT2D eigenvalue weighted by Gasteiger charge is -2.40. The van der Waals surface area contributed by atoms with E-state index >= 15 is 0 Å². The number of alkyl carbamates (subject to hydrolysis) is 1. The van der Waals surface area contributed by atoms with E-state index in [-0.39, 0.29) is 32.5 Å². The molecule has 5 atom stereocenters. The van der Waals surface area contributed by atoms with Gasteiger partial charge in [0.25, 0.3) is 0 Å². The zero-order chi connectivity index (χ0) is 27.2. The molecule has 2 saturated carbocycles. The Morgan fingerprint density at radius 2 is 1.73 bits per heavy atom. The lowest BCUT2D eigenvalue weighted by molar-refractivity contribution is -0.128. The number of carbonyl (C=O) groups is 2. The van der Waals surface area contributed by atoms with E-state index in [1.165, 1.54) is 12.8 Å². The number of amides is 2. The first-order valence-corrected chi connectivity index (χ1v) is 14.3. The maximum atomic E-state index is 13.9. The van der Waals surface area contributed by atoms with E-state index in [0.29, 0.717) is 12.3 Å². The van der Waals surface area contributed by atoms with Crippen LogP contribution in [0.15, 0.2) is 72.8 Å². The average molecular weight is 543 g/mol. The summed E-state index contributed by atoms with van der Waals surface area (Å²) in [6.07, 6.45) is 6.81. The molecule has 2 fully saturated rings. The second kappa shape index (κ2) is 13.3. The molecule has 2 aliphatic rings. The number of aliphatic hydroxyl groups is 1. The van der Waals surface area contributed by atoms with Crippen LogP contribution in [-0.2, 0) is 22.4 Å². The van der Waals surface area contributed by atoms with Gasteiger partial charge in [0.2, 0.25) is 5.91 Å². The van der Waals surface area contributed by atoms with Crippen LogP contribution in [0.2, 0.25) is 0 Å². The van der Waals surface area contributed by atoms with Crippen molar-refractivity contribution >= 4 is 22.8 Å². The summed E-state index contributed by atoms with van der Waals surface area (Å²) in [4.78, 5) is 27.2.